The summed E-state index contributed by atoms with van der Waals surface area (Å²) in [5, 5.41) is 0. The molecule has 5 heteroatoms. The second-order valence-corrected chi connectivity index (χ2v) is 7.77. The first kappa shape index (κ1) is 19.1. The lowest BCUT2D eigenvalue weighted by atomic mass is 9.87. The Morgan fingerprint density at radius 3 is 2.62 bits per heavy atom. The number of aromatic nitrogens is 2. The Morgan fingerprint density at radius 1 is 1.07 bits per heavy atom. The average Bonchev–Trinajstić information content (AvgIpc) is 2.71. The van der Waals surface area contributed by atoms with E-state index < -0.39 is 0 Å². The maximum atomic E-state index is 12.1. The molecule has 5 nitrogen and oxygen atoms in total. The smallest absolute Gasteiger partial charge is 0.253 e. The van der Waals surface area contributed by atoms with Crippen LogP contribution in [-0.2, 0) is 31.3 Å². The molecule has 0 amide bonds. The van der Waals surface area contributed by atoms with E-state index in [1.807, 2.05) is 50.5 Å². The van der Waals surface area contributed by atoms with Gasteiger partial charge < -0.3 is 9.30 Å². The molecule has 0 atom stereocenters. The number of fused-ring (bicyclic) bond motifs is 1. The summed E-state index contributed by atoms with van der Waals surface area (Å²) < 4.78 is 7.74. The lowest BCUT2D eigenvalue weighted by molar-refractivity contribution is -0.118. The van der Waals surface area contributed by atoms with Crippen molar-refractivity contribution in [3.05, 3.63) is 81.0 Å². The van der Waals surface area contributed by atoms with Crippen LogP contribution in [0.3, 0.4) is 0 Å². The number of ketones is 1. The molecule has 148 valence electrons. The summed E-state index contributed by atoms with van der Waals surface area (Å²) in [5.41, 5.74) is 6.70. The molecular weight excluding hydrogens is 364 g/mol. The van der Waals surface area contributed by atoms with Gasteiger partial charge in [-0.1, -0.05) is 12.1 Å². The average molecular weight is 388 g/mol. The van der Waals surface area contributed by atoms with Crippen molar-refractivity contribution in [1.29, 1.82) is 0 Å². The van der Waals surface area contributed by atoms with E-state index in [1.165, 1.54) is 0 Å². The van der Waals surface area contributed by atoms with E-state index in [0.29, 0.717) is 31.4 Å². The number of ether oxygens (including phenoxy) is 1. The first-order chi connectivity index (χ1) is 13.9. The standard InChI is InChI=1S/C24H24N2O3/c1-15-4-6-20(25-12-15)14-29-23-10-18(9-17-5-7-21(27)11-22(17)23)19-8-16(2)24(28)26(3)13-19/h4,6,8-10,12-13H,5,7,11,14H2,1-3H3. The maximum absolute atomic E-state index is 12.1. The van der Waals surface area contributed by atoms with E-state index in [1.54, 1.807) is 11.6 Å². The molecule has 2 aromatic heterocycles. The van der Waals surface area contributed by atoms with Gasteiger partial charge in [0.05, 0.1) is 5.69 Å². The predicted molar refractivity (Wildman–Crippen MR) is 112 cm³/mol. The first-order valence-corrected chi connectivity index (χ1v) is 9.80. The number of carbonyl (C=O) groups excluding carboxylic acids is 1. The van der Waals surface area contributed by atoms with Crippen LogP contribution >= 0.6 is 0 Å². The zero-order valence-electron chi connectivity index (χ0n) is 17.0. The Kier molecular flexibility index (Phi) is 5.05. The Morgan fingerprint density at radius 2 is 1.90 bits per heavy atom. The summed E-state index contributed by atoms with van der Waals surface area (Å²) in [6.07, 6.45) is 5.34. The predicted octanol–water partition coefficient (Wildman–Crippen LogP) is 3.70. The van der Waals surface area contributed by atoms with Gasteiger partial charge in [-0.3, -0.25) is 14.6 Å². The Hall–Kier alpha value is -3.21. The van der Waals surface area contributed by atoms with Gasteiger partial charge in [0.1, 0.15) is 18.1 Å². The van der Waals surface area contributed by atoms with Crippen molar-refractivity contribution in [2.75, 3.05) is 0 Å². The molecule has 0 aliphatic heterocycles. The van der Waals surface area contributed by atoms with Crippen LogP contribution in [0.1, 0.15) is 34.4 Å². The molecule has 4 rings (SSSR count). The minimum atomic E-state index is -0.000717. The van der Waals surface area contributed by atoms with Gasteiger partial charge in [0.15, 0.2) is 0 Å². The van der Waals surface area contributed by atoms with Crippen LogP contribution in [0.4, 0.5) is 0 Å². The number of rotatable bonds is 4. The van der Waals surface area contributed by atoms with Crippen molar-refractivity contribution in [2.24, 2.45) is 7.05 Å². The SMILES string of the molecule is Cc1ccc(COc2cc(-c3cc(C)c(=O)n(C)c3)cc3c2CC(=O)CC3)nc1. The van der Waals surface area contributed by atoms with E-state index in [-0.39, 0.29) is 11.3 Å². The molecular formula is C24H24N2O3. The number of benzene rings is 1. The zero-order chi connectivity index (χ0) is 20.5. The number of hydrogen-bond donors (Lipinski definition) is 0. The van der Waals surface area contributed by atoms with E-state index in [2.05, 4.69) is 11.1 Å². The third kappa shape index (κ3) is 3.99. The highest BCUT2D eigenvalue weighted by molar-refractivity contribution is 5.85. The minimum Gasteiger partial charge on any atom is -0.487 e. The van der Waals surface area contributed by atoms with E-state index in [9.17, 15) is 9.59 Å². The van der Waals surface area contributed by atoms with Crippen molar-refractivity contribution in [1.82, 2.24) is 9.55 Å². The minimum absolute atomic E-state index is 0.000717. The normalized spacial score (nSPS) is 13.3. The van der Waals surface area contributed by atoms with Crippen LogP contribution in [-0.4, -0.2) is 15.3 Å². The Bertz CT molecular complexity index is 1120. The highest BCUT2D eigenvalue weighted by Gasteiger charge is 2.21. The summed E-state index contributed by atoms with van der Waals surface area (Å²) in [7, 11) is 1.76. The topological polar surface area (TPSA) is 61.2 Å². The summed E-state index contributed by atoms with van der Waals surface area (Å²) in [5.74, 6) is 0.959. The van der Waals surface area contributed by atoms with E-state index >= 15 is 0 Å². The molecule has 0 saturated carbocycles. The molecule has 29 heavy (non-hydrogen) atoms. The van der Waals surface area contributed by atoms with Crippen LogP contribution in [0.5, 0.6) is 5.75 Å². The van der Waals surface area contributed by atoms with Crippen LogP contribution < -0.4 is 10.3 Å². The van der Waals surface area contributed by atoms with Crippen molar-refractivity contribution in [2.45, 2.75) is 39.7 Å². The van der Waals surface area contributed by atoms with Gasteiger partial charge in [0, 0.05) is 43.4 Å². The molecule has 0 N–H and O–H groups in total. The second-order valence-electron chi connectivity index (χ2n) is 7.77. The van der Waals surface area contributed by atoms with Gasteiger partial charge in [0.25, 0.3) is 5.56 Å². The second kappa shape index (κ2) is 7.66. The van der Waals surface area contributed by atoms with E-state index in [0.717, 1.165) is 39.3 Å². The summed E-state index contributed by atoms with van der Waals surface area (Å²) in [4.78, 5) is 28.5. The van der Waals surface area contributed by atoms with Crippen molar-refractivity contribution < 1.29 is 9.53 Å². The molecule has 1 aliphatic rings. The van der Waals surface area contributed by atoms with Gasteiger partial charge in [-0.25, -0.2) is 0 Å². The van der Waals surface area contributed by atoms with Crippen molar-refractivity contribution in [3.8, 4) is 16.9 Å². The third-order valence-corrected chi connectivity index (χ3v) is 5.39. The monoisotopic (exact) mass is 388 g/mol. The van der Waals surface area contributed by atoms with Gasteiger partial charge in [-0.05, 0) is 60.7 Å². The zero-order valence-corrected chi connectivity index (χ0v) is 17.0. The fourth-order valence-electron chi connectivity index (χ4n) is 3.75. The number of pyridine rings is 2. The van der Waals surface area contributed by atoms with Crippen molar-refractivity contribution >= 4 is 5.78 Å². The number of Topliss-reactive ketones (excluding diaryl/α,β-unsaturated/α-hetero) is 1. The van der Waals surface area contributed by atoms with Gasteiger partial charge in [-0.15, -0.1) is 0 Å². The van der Waals surface area contributed by atoms with Crippen LogP contribution in [0.25, 0.3) is 11.1 Å². The van der Waals surface area contributed by atoms with Crippen molar-refractivity contribution in [3.63, 3.8) is 0 Å². The molecule has 1 aliphatic carbocycles. The molecule has 0 bridgehead atoms. The maximum Gasteiger partial charge on any atom is 0.253 e. The fraction of sp³-hybridized carbons (Fsp3) is 0.292. The molecule has 0 fully saturated rings. The largest absolute Gasteiger partial charge is 0.487 e. The lowest BCUT2D eigenvalue weighted by Gasteiger charge is -2.21. The Labute approximate surface area is 170 Å². The molecule has 0 spiro atoms. The van der Waals surface area contributed by atoms with Gasteiger partial charge in [0.2, 0.25) is 0 Å². The molecule has 2 heterocycles. The van der Waals surface area contributed by atoms with E-state index in [4.69, 9.17) is 4.74 Å². The molecule has 1 aromatic carbocycles. The molecule has 0 saturated heterocycles. The highest BCUT2D eigenvalue weighted by Crippen LogP contribution is 2.34. The fourth-order valence-corrected chi connectivity index (χ4v) is 3.75. The first-order valence-electron chi connectivity index (χ1n) is 9.80. The van der Waals surface area contributed by atoms with Gasteiger partial charge in [-0.2, -0.15) is 0 Å². The molecule has 3 aromatic rings. The third-order valence-electron chi connectivity index (χ3n) is 5.39. The number of carbonyl (C=O) groups is 1. The molecule has 0 unspecified atom stereocenters. The summed E-state index contributed by atoms with van der Waals surface area (Å²) in [6.45, 7) is 4.16. The highest BCUT2D eigenvalue weighted by atomic mass is 16.5. The number of hydrogen-bond acceptors (Lipinski definition) is 4. The number of nitrogens with zero attached hydrogens (tertiary/aromatic N) is 2. The van der Waals surface area contributed by atoms with Gasteiger partial charge >= 0.3 is 0 Å². The number of aryl methyl sites for hydroxylation is 4. The van der Waals surface area contributed by atoms with Crippen LogP contribution in [0.15, 0.2) is 47.5 Å². The van der Waals surface area contributed by atoms with Crippen LogP contribution in [0, 0.1) is 13.8 Å². The van der Waals surface area contributed by atoms with Crippen LogP contribution in [0.2, 0.25) is 0 Å². The lowest BCUT2D eigenvalue weighted by Crippen LogP contribution is -2.18. The summed E-state index contributed by atoms with van der Waals surface area (Å²) >= 11 is 0. The summed E-state index contributed by atoms with van der Waals surface area (Å²) in [6, 6.07) is 9.97. The Balaban J connectivity index is 1.74. The quantitative estimate of drug-likeness (QED) is 0.684. The molecule has 0 radical (unpaired) electrons.